The molecule has 0 bridgehead atoms. The number of imide groups is 1. The smallest absolute Gasteiger partial charge is 0.322 e. The molecule has 1 saturated heterocycles. The number of urea groups is 1. The lowest BCUT2D eigenvalue weighted by Crippen LogP contribution is -2.46. The van der Waals surface area contributed by atoms with Crippen LogP contribution in [-0.4, -0.2) is 41.1 Å². The first kappa shape index (κ1) is 19.0. The van der Waals surface area contributed by atoms with Crippen molar-refractivity contribution < 1.29 is 18.8 Å². The Bertz CT molecular complexity index is 895. The third-order valence-electron chi connectivity index (χ3n) is 4.29. The van der Waals surface area contributed by atoms with Gasteiger partial charge in [-0.3, -0.25) is 14.9 Å². The number of benzene rings is 1. The highest BCUT2D eigenvalue weighted by molar-refractivity contribution is 7.99. The van der Waals surface area contributed by atoms with Crippen molar-refractivity contribution in [2.24, 2.45) is 0 Å². The largest absolute Gasteiger partial charge is 0.464 e. The highest BCUT2D eigenvalue weighted by atomic mass is 32.2. The van der Waals surface area contributed by atoms with Crippen LogP contribution in [0.25, 0.3) is 0 Å². The fourth-order valence-electron chi connectivity index (χ4n) is 2.75. The summed E-state index contributed by atoms with van der Waals surface area (Å²) < 4.78 is 5.54. The average molecular weight is 387 g/mol. The Balaban J connectivity index is 1.72. The molecule has 2 N–H and O–H groups in total. The molecule has 0 radical (unpaired) electrons. The van der Waals surface area contributed by atoms with E-state index in [0.717, 1.165) is 10.7 Å². The molecule has 1 atom stereocenters. The predicted molar refractivity (Wildman–Crippen MR) is 101 cm³/mol. The molecule has 27 heavy (non-hydrogen) atoms. The quantitative estimate of drug-likeness (QED) is 0.587. The molecule has 1 aromatic heterocycles. The van der Waals surface area contributed by atoms with E-state index in [1.807, 2.05) is 31.2 Å². The number of rotatable bonds is 6. The number of nitrogens with one attached hydrogen (secondary N) is 2. The van der Waals surface area contributed by atoms with Crippen molar-refractivity contribution >= 4 is 29.6 Å². The molecule has 7 nitrogen and oxygen atoms in total. The summed E-state index contributed by atoms with van der Waals surface area (Å²) in [7, 11) is 1.72. The summed E-state index contributed by atoms with van der Waals surface area (Å²) in [4.78, 5) is 38.6. The van der Waals surface area contributed by atoms with Crippen LogP contribution in [0.5, 0.6) is 0 Å². The molecule has 0 unspecified atom stereocenters. The van der Waals surface area contributed by atoms with Gasteiger partial charge in [0.1, 0.15) is 17.1 Å². The van der Waals surface area contributed by atoms with Crippen molar-refractivity contribution in [1.29, 1.82) is 0 Å². The molecule has 0 saturated carbocycles. The van der Waals surface area contributed by atoms with Crippen molar-refractivity contribution in [3.8, 4) is 0 Å². The third kappa shape index (κ3) is 4.16. The van der Waals surface area contributed by atoms with Crippen LogP contribution >= 0.6 is 11.8 Å². The lowest BCUT2D eigenvalue weighted by Gasteiger charge is -2.21. The predicted octanol–water partition coefficient (Wildman–Crippen LogP) is 2.55. The van der Waals surface area contributed by atoms with Gasteiger partial charge in [0.05, 0.1) is 12.1 Å². The molecule has 3 rings (SSSR count). The van der Waals surface area contributed by atoms with Crippen molar-refractivity contribution in [2.75, 3.05) is 12.8 Å². The van der Waals surface area contributed by atoms with Crippen LogP contribution in [0.15, 0.2) is 45.7 Å². The number of furan rings is 1. The molecule has 8 heteroatoms. The Morgan fingerprint density at radius 1 is 1.22 bits per heavy atom. The van der Waals surface area contributed by atoms with Gasteiger partial charge in [0.15, 0.2) is 0 Å². The van der Waals surface area contributed by atoms with Crippen LogP contribution in [0, 0.1) is 6.92 Å². The van der Waals surface area contributed by atoms with Crippen LogP contribution in [0.3, 0.4) is 0 Å². The van der Waals surface area contributed by atoms with Gasteiger partial charge in [0.25, 0.3) is 11.8 Å². The number of hydrogen-bond donors (Lipinski definition) is 2. The van der Waals surface area contributed by atoms with E-state index in [1.165, 1.54) is 11.8 Å². The van der Waals surface area contributed by atoms with Crippen molar-refractivity contribution in [3.05, 3.63) is 53.5 Å². The molecule has 2 aromatic rings. The van der Waals surface area contributed by atoms with E-state index in [0.29, 0.717) is 23.6 Å². The molecule has 0 aliphatic carbocycles. The zero-order valence-electron chi connectivity index (χ0n) is 15.4. The average Bonchev–Trinajstić information content (AvgIpc) is 3.14. The minimum Gasteiger partial charge on any atom is -0.464 e. The van der Waals surface area contributed by atoms with E-state index in [2.05, 4.69) is 10.6 Å². The Hall–Kier alpha value is -2.74. The first-order valence-electron chi connectivity index (χ1n) is 8.45. The molecule has 0 spiro atoms. The molecule has 142 valence electrons. The standard InChI is InChI=1S/C19H21N3O4S/c1-12-8-9-13(26-12)10-22(3)16(23)14-6-4-5-7-15(14)27-11-19(2)17(24)20-18(25)21-19/h4-9H,10-11H2,1-3H3,(H2,20,21,24,25)/t19-/m0/s1. The first-order valence-corrected chi connectivity index (χ1v) is 9.43. The number of aryl methyl sites for hydroxylation is 1. The van der Waals surface area contributed by atoms with Gasteiger partial charge in [-0.1, -0.05) is 12.1 Å². The normalized spacial score (nSPS) is 18.9. The fraction of sp³-hybridized carbons (Fsp3) is 0.316. The maximum atomic E-state index is 12.9. The Labute approximate surface area is 161 Å². The van der Waals surface area contributed by atoms with Gasteiger partial charge < -0.3 is 14.6 Å². The molecule has 1 fully saturated rings. The molecule has 1 aliphatic rings. The second kappa shape index (κ2) is 7.48. The lowest BCUT2D eigenvalue weighted by molar-refractivity contribution is -0.122. The lowest BCUT2D eigenvalue weighted by atomic mass is 10.1. The van der Waals surface area contributed by atoms with Crippen molar-refractivity contribution in [1.82, 2.24) is 15.5 Å². The zero-order chi connectivity index (χ0) is 19.6. The van der Waals surface area contributed by atoms with E-state index >= 15 is 0 Å². The molecule has 1 aromatic carbocycles. The van der Waals surface area contributed by atoms with Crippen LogP contribution in [0.4, 0.5) is 4.79 Å². The van der Waals surface area contributed by atoms with Gasteiger partial charge in [-0.25, -0.2) is 4.79 Å². The molecular weight excluding hydrogens is 366 g/mol. The number of carbonyl (C=O) groups excluding carboxylic acids is 3. The summed E-state index contributed by atoms with van der Waals surface area (Å²) in [6.45, 7) is 3.88. The van der Waals surface area contributed by atoms with Crippen LogP contribution in [0.2, 0.25) is 0 Å². The molecule has 2 heterocycles. The number of thioether (sulfide) groups is 1. The van der Waals surface area contributed by atoms with Crippen LogP contribution < -0.4 is 10.6 Å². The number of nitrogens with zero attached hydrogens (tertiary/aromatic N) is 1. The zero-order valence-corrected chi connectivity index (χ0v) is 16.2. The van der Waals surface area contributed by atoms with E-state index < -0.39 is 11.6 Å². The second-order valence-corrected chi connectivity index (χ2v) is 7.72. The van der Waals surface area contributed by atoms with E-state index in [9.17, 15) is 14.4 Å². The molecule has 4 amide bonds. The maximum absolute atomic E-state index is 12.9. The number of amides is 4. The van der Waals surface area contributed by atoms with Gasteiger partial charge in [-0.2, -0.15) is 0 Å². The monoisotopic (exact) mass is 387 g/mol. The summed E-state index contributed by atoms with van der Waals surface area (Å²) in [5.74, 6) is 1.32. The Morgan fingerprint density at radius 2 is 1.96 bits per heavy atom. The maximum Gasteiger partial charge on any atom is 0.322 e. The summed E-state index contributed by atoms with van der Waals surface area (Å²) in [6, 6.07) is 10.4. The van der Waals surface area contributed by atoms with Gasteiger partial charge in [-0.15, -0.1) is 11.8 Å². The van der Waals surface area contributed by atoms with Crippen LogP contribution in [0.1, 0.15) is 28.8 Å². The number of hydrogen-bond acceptors (Lipinski definition) is 5. The highest BCUT2D eigenvalue weighted by Crippen LogP contribution is 2.28. The van der Waals surface area contributed by atoms with Gasteiger partial charge in [0, 0.05) is 17.7 Å². The summed E-state index contributed by atoms with van der Waals surface area (Å²) >= 11 is 1.36. The first-order chi connectivity index (χ1) is 12.8. The van der Waals surface area contributed by atoms with Crippen molar-refractivity contribution in [3.63, 3.8) is 0 Å². The summed E-state index contributed by atoms with van der Waals surface area (Å²) in [6.07, 6.45) is 0. The van der Waals surface area contributed by atoms with E-state index in [-0.39, 0.29) is 11.8 Å². The second-order valence-electron chi connectivity index (χ2n) is 6.70. The topological polar surface area (TPSA) is 91.7 Å². The van der Waals surface area contributed by atoms with E-state index in [4.69, 9.17) is 4.42 Å². The highest BCUT2D eigenvalue weighted by Gasteiger charge is 2.42. The Morgan fingerprint density at radius 3 is 2.59 bits per heavy atom. The van der Waals surface area contributed by atoms with Crippen LogP contribution in [-0.2, 0) is 11.3 Å². The summed E-state index contributed by atoms with van der Waals surface area (Å²) in [5.41, 5.74) is -0.461. The van der Waals surface area contributed by atoms with E-state index in [1.54, 1.807) is 31.0 Å². The third-order valence-corrected chi connectivity index (χ3v) is 5.68. The van der Waals surface area contributed by atoms with Crippen molar-refractivity contribution in [2.45, 2.75) is 30.8 Å². The summed E-state index contributed by atoms with van der Waals surface area (Å²) in [5, 5.41) is 4.87. The minimum absolute atomic E-state index is 0.141. The van der Waals surface area contributed by atoms with Gasteiger partial charge >= 0.3 is 6.03 Å². The number of carbonyl (C=O) groups is 3. The van der Waals surface area contributed by atoms with Gasteiger partial charge in [0.2, 0.25) is 0 Å². The SMILES string of the molecule is Cc1ccc(CN(C)C(=O)c2ccccc2SC[C@]2(C)NC(=O)NC2=O)o1. The van der Waals surface area contributed by atoms with Gasteiger partial charge in [-0.05, 0) is 38.1 Å². The molecule has 1 aliphatic heterocycles. The molecular formula is C19H21N3O4S. The fourth-order valence-corrected chi connectivity index (χ4v) is 3.89. The minimum atomic E-state index is -1.00. The Kier molecular flexibility index (Phi) is 5.27.